The number of halogens is 3. The molecule has 1 heterocycles. The van der Waals surface area contributed by atoms with Gasteiger partial charge in [-0.3, -0.25) is 9.78 Å². The first kappa shape index (κ1) is 23.1. The van der Waals surface area contributed by atoms with Crippen LogP contribution in [0.5, 0.6) is 0 Å². The third kappa shape index (κ3) is 4.98. The molecule has 0 fully saturated rings. The van der Waals surface area contributed by atoms with Crippen molar-refractivity contribution in [2.45, 2.75) is 13.3 Å². The van der Waals surface area contributed by atoms with E-state index in [2.05, 4.69) is 14.7 Å². The predicted octanol–water partition coefficient (Wildman–Crippen LogP) is 5.95. The maximum absolute atomic E-state index is 15.0. The van der Waals surface area contributed by atoms with E-state index in [4.69, 9.17) is 11.6 Å². The standard InChI is InChI=1S/C24H18ClF2N3O2S/c1-2-11-33(32)30-19-10-8-17(26)22(23(19)27)24(31)15-5-9-18-20(12-15)29-21(13-28-18)14-3-6-16(25)7-4-14/h3-10,12-13,30H,2,11H2,1H3. The summed E-state index contributed by atoms with van der Waals surface area (Å²) in [6.07, 6.45) is 2.21. The molecule has 0 saturated heterocycles. The Labute approximate surface area is 197 Å². The summed E-state index contributed by atoms with van der Waals surface area (Å²) in [6, 6.07) is 13.6. The highest BCUT2D eigenvalue weighted by Crippen LogP contribution is 2.27. The van der Waals surface area contributed by atoms with Gasteiger partial charge in [-0.05, 0) is 48.9 Å². The zero-order valence-corrected chi connectivity index (χ0v) is 19.0. The Morgan fingerprint density at radius 2 is 1.85 bits per heavy atom. The van der Waals surface area contributed by atoms with Crippen molar-refractivity contribution in [1.82, 2.24) is 9.97 Å². The van der Waals surface area contributed by atoms with Gasteiger partial charge < -0.3 is 4.55 Å². The molecule has 0 radical (unpaired) electrons. The number of aromatic nitrogens is 2. The Balaban J connectivity index is 1.71. The van der Waals surface area contributed by atoms with E-state index in [1.165, 1.54) is 12.1 Å². The predicted molar refractivity (Wildman–Crippen MR) is 127 cm³/mol. The lowest BCUT2D eigenvalue weighted by Crippen LogP contribution is -2.18. The lowest BCUT2D eigenvalue weighted by atomic mass is 10.0. The van der Waals surface area contributed by atoms with Crippen LogP contribution in [0.4, 0.5) is 14.5 Å². The van der Waals surface area contributed by atoms with Gasteiger partial charge >= 0.3 is 0 Å². The first-order valence-corrected chi connectivity index (χ1v) is 11.8. The third-order valence-corrected chi connectivity index (χ3v) is 6.35. The number of fused-ring (bicyclic) bond motifs is 1. The molecule has 0 saturated carbocycles. The molecule has 1 atom stereocenters. The molecule has 0 aliphatic heterocycles. The van der Waals surface area contributed by atoms with E-state index < -0.39 is 34.3 Å². The van der Waals surface area contributed by atoms with E-state index in [9.17, 15) is 13.7 Å². The average molecular weight is 486 g/mol. The minimum absolute atomic E-state index is 0.0506. The summed E-state index contributed by atoms with van der Waals surface area (Å²) in [5.41, 5.74) is 1.39. The van der Waals surface area contributed by atoms with Crippen LogP contribution < -0.4 is 4.72 Å². The zero-order valence-electron chi connectivity index (χ0n) is 17.4. The number of nitrogens with zero attached hydrogens (tertiary/aromatic N) is 2. The monoisotopic (exact) mass is 485 g/mol. The van der Waals surface area contributed by atoms with Crippen LogP contribution >= 0.6 is 11.6 Å². The molecule has 5 nitrogen and oxygen atoms in total. The highest BCUT2D eigenvalue weighted by Gasteiger charge is 2.24. The van der Waals surface area contributed by atoms with Gasteiger partial charge in [0.25, 0.3) is 0 Å². The third-order valence-electron chi connectivity index (χ3n) is 4.88. The largest absolute Gasteiger partial charge is 0.593 e. The Kier molecular flexibility index (Phi) is 6.88. The van der Waals surface area contributed by atoms with Crippen LogP contribution in [0.15, 0.2) is 60.8 Å². The highest BCUT2D eigenvalue weighted by molar-refractivity contribution is 7.92. The van der Waals surface area contributed by atoms with Crippen LogP contribution in [0.2, 0.25) is 5.02 Å². The quantitative estimate of drug-likeness (QED) is 0.259. The number of hydrogen-bond donors (Lipinski definition) is 1. The SMILES string of the molecule is CCC[S+]([O-])Nc1ccc(F)c(C(=O)c2ccc3ncc(-c4ccc(Cl)cc4)nc3c2)c1F. The van der Waals surface area contributed by atoms with E-state index in [1.807, 2.05) is 6.92 Å². The molecule has 0 aliphatic rings. The van der Waals surface area contributed by atoms with E-state index in [-0.39, 0.29) is 11.3 Å². The first-order valence-electron chi connectivity index (χ1n) is 10.1. The molecule has 9 heteroatoms. The first-order chi connectivity index (χ1) is 15.9. The zero-order chi connectivity index (χ0) is 23.5. The van der Waals surface area contributed by atoms with Crippen molar-refractivity contribution in [1.29, 1.82) is 0 Å². The van der Waals surface area contributed by atoms with Crippen LogP contribution in [0.25, 0.3) is 22.3 Å². The molecule has 33 heavy (non-hydrogen) atoms. The number of anilines is 1. The Bertz CT molecular complexity index is 1340. The number of carbonyl (C=O) groups is 1. The van der Waals surface area contributed by atoms with E-state index in [0.29, 0.717) is 33.9 Å². The van der Waals surface area contributed by atoms with Crippen LogP contribution in [-0.4, -0.2) is 26.1 Å². The molecule has 0 spiro atoms. The summed E-state index contributed by atoms with van der Waals surface area (Å²) >= 11 is 4.39. The molecule has 1 aromatic heterocycles. The number of ketones is 1. The van der Waals surface area contributed by atoms with Gasteiger partial charge in [-0.15, -0.1) is 0 Å². The van der Waals surface area contributed by atoms with Crippen LogP contribution in [0, 0.1) is 11.6 Å². The van der Waals surface area contributed by atoms with Gasteiger partial charge in [0.05, 0.1) is 39.8 Å². The molecular weight excluding hydrogens is 468 g/mol. The number of nitrogens with one attached hydrogen (secondary N) is 1. The van der Waals surface area contributed by atoms with Gasteiger partial charge in [0, 0.05) is 16.1 Å². The van der Waals surface area contributed by atoms with Crippen molar-refractivity contribution in [3.63, 3.8) is 0 Å². The summed E-state index contributed by atoms with van der Waals surface area (Å²) in [6.45, 7) is 1.83. The van der Waals surface area contributed by atoms with Gasteiger partial charge in [0.1, 0.15) is 17.3 Å². The normalized spacial score (nSPS) is 12.0. The molecule has 0 bridgehead atoms. The molecule has 1 unspecified atom stereocenters. The van der Waals surface area contributed by atoms with E-state index >= 15 is 4.39 Å². The Morgan fingerprint density at radius 3 is 2.58 bits per heavy atom. The van der Waals surface area contributed by atoms with Gasteiger partial charge in [0.2, 0.25) is 0 Å². The fraction of sp³-hybridized carbons (Fsp3) is 0.125. The molecule has 4 aromatic rings. The van der Waals surface area contributed by atoms with Crippen molar-refractivity contribution in [2.24, 2.45) is 0 Å². The van der Waals surface area contributed by atoms with Crippen molar-refractivity contribution in [3.8, 4) is 11.3 Å². The maximum Gasteiger partial charge on any atom is 0.199 e. The number of rotatable bonds is 7. The lowest BCUT2D eigenvalue weighted by molar-refractivity contribution is 0.103. The fourth-order valence-corrected chi connectivity index (χ4v) is 4.26. The minimum atomic E-state index is -1.55. The molecule has 0 amide bonds. The minimum Gasteiger partial charge on any atom is -0.593 e. The number of hydrogen-bond acceptors (Lipinski definition) is 5. The smallest absolute Gasteiger partial charge is 0.199 e. The van der Waals surface area contributed by atoms with Crippen molar-refractivity contribution >= 4 is 45.5 Å². The lowest BCUT2D eigenvalue weighted by Gasteiger charge is -2.14. The van der Waals surface area contributed by atoms with E-state index in [1.54, 1.807) is 36.5 Å². The van der Waals surface area contributed by atoms with E-state index in [0.717, 1.165) is 17.7 Å². The second kappa shape index (κ2) is 9.82. The number of carbonyl (C=O) groups excluding carboxylic acids is 1. The van der Waals surface area contributed by atoms with Crippen molar-refractivity contribution in [3.05, 3.63) is 88.6 Å². The van der Waals surface area contributed by atoms with Crippen molar-refractivity contribution < 1.29 is 18.1 Å². The Morgan fingerprint density at radius 1 is 1.09 bits per heavy atom. The number of benzene rings is 3. The second-order valence-corrected chi connectivity index (χ2v) is 8.97. The van der Waals surface area contributed by atoms with Gasteiger partial charge in [-0.2, -0.15) is 0 Å². The van der Waals surface area contributed by atoms with Gasteiger partial charge in [-0.1, -0.05) is 30.7 Å². The molecule has 3 aromatic carbocycles. The average Bonchev–Trinajstić information content (AvgIpc) is 2.81. The summed E-state index contributed by atoms with van der Waals surface area (Å²) < 4.78 is 43.9. The topological polar surface area (TPSA) is 77.9 Å². The van der Waals surface area contributed by atoms with Gasteiger partial charge in [0.15, 0.2) is 11.6 Å². The van der Waals surface area contributed by atoms with Crippen LogP contribution in [0.3, 0.4) is 0 Å². The molecular formula is C24H18ClF2N3O2S. The van der Waals surface area contributed by atoms with Crippen LogP contribution in [-0.2, 0) is 11.4 Å². The summed E-state index contributed by atoms with van der Waals surface area (Å²) in [4.78, 5) is 21.9. The summed E-state index contributed by atoms with van der Waals surface area (Å²) in [5, 5.41) is 0.583. The Hall–Kier alpha value is -3.07. The van der Waals surface area contributed by atoms with Gasteiger partial charge in [-0.25, -0.2) is 18.5 Å². The summed E-state index contributed by atoms with van der Waals surface area (Å²) in [5.74, 6) is -2.66. The molecule has 168 valence electrons. The summed E-state index contributed by atoms with van der Waals surface area (Å²) in [7, 11) is 0. The van der Waals surface area contributed by atoms with Crippen molar-refractivity contribution in [2.75, 3.05) is 10.5 Å². The maximum atomic E-state index is 15.0. The molecule has 0 aliphatic carbocycles. The molecule has 4 rings (SSSR count). The molecule has 1 N–H and O–H groups in total. The highest BCUT2D eigenvalue weighted by atomic mass is 35.5. The van der Waals surface area contributed by atoms with Crippen LogP contribution in [0.1, 0.15) is 29.3 Å². The second-order valence-electron chi connectivity index (χ2n) is 7.23. The fourth-order valence-electron chi connectivity index (χ4n) is 3.26.